The average Bonchev–Trinajstić information content (AvgIpc) is 3.29. The molecule has 2 fully saturated rings. The number of benzene rings is 1. The largest absolute Gasteiger partial charge is 0.481 e. The molecule has 0 unspecified atom stereocenters. The number of nitrogens with zero attached hydrogens (tertiary/aromatic N) is 3. The second-order valence-corrected chi connectivity index (χ2v) is 11.4. The van der Waals surface area contributed by atoms with E-state index < -0.39 is 30.0 Å². The average molecular weight is 534 g/mol. The van der Waals surface area contributed by atoms with Crippen LogP contribution < -0.4 is 4.90 Å². The molecule has 2 N–H and O–H groups in total. The normalized spacial score (nSPS) is 26.7. The number of carboxylic acid groups (broad SMARTS) is 1. The van der Waals surface area contributed by atoms with E-state index in [2.05, 4.69) is 0 Å². The maximum Gasteiger partial charge on any atom is 0.414 e. The third kappa shape index (κ3) is 4.99. The Balaban J connectivity index is 1.56. The summed E-state index contributed by atoms with van der Waals surface area (Å²) in [6.45, 7) is 1.97. The van der Waals surface area contributed by atoms with E-state index in [4.69, 9.17) is 9.72 Å². The molecule has 0 saturated heterocycles. The molecule has 1 aromatic carbocycles. The molecular formula is C28H37F2N3O5. The number of aliphatic hydroxyl groups excluding tert-OH is 1. The second-order valence-electron chi connectivity index (χ2n) is 11.4. The predicted octanol–water partition coefficient (Wildman–Crippen LogP) is 6.01. The van der Waals surface area contributed by atoms with Crippen molar-refractivity contribution in [3.63, 3.8) is 0 Å². The number of aliphatic carboxylic acids is 1. The number of imidazole rings is 1. The molecular weight excluding hydrogens is 496 g/mol. The molecule has 2 aliphatic carbocycles. The molecule has 3 aliphatic rings. The number of fused-ring (bicyclic) bond motifs is 3. The SMILES string of the molecule is COC(=O)N1c2ccc3c(nc([C@H](O)CC4CCC(F)(F)CC4)n3[C@@H]3CCC[C@@H](C(=O)O)C3)c2CC[C@@H]1C. The van der Waals surface area contributed by atoms with Crippen molar-refractivity contribution < 1.29 is 33.3 Å². The Morgan fingerprint density at radius 2 is 1.92 bits per heavy atom. The number of carboxylic acids is 1. The Morgan fingerprint density at radius 1 is 1.18 bits per heavy atom. The Kier molecular flexibility index (Phi) is 7.37. The maximum absolute atomic E-state index is 13.7. The smallest absolute Gasteiger partial charge is 0.414 e. The summed E-state index contributed by atoms with van der Waals surface area (Å²) in [6.07, 6.45) is 3.33. The minimum absolute atomic E-state index is 0.0272. The van der Waals surface area contributed by atoms with E-state index >= 15 is 0 Å². The van der Waals surface area contributed by atoms with Gasteiger partial charge in [-0.1, -0.05) is 6.42 Å². The first-order chi connectivity index (χ1) is 18.1. The summed E-state index contributed by atoms with van der Waals surface area (Å²) in [4.78, 5) is 31.0. The molecule has 2 aromatic rings. The number of halogens is 2. The molecule has 0 spiro atoms. The zero-order valence-corrected chi connectivity index (χ0v) is 22.0. The fourth-order valence-electron chi connectivity index (χ4n) is 6.79. The minimum Gasteiger partial charge on any atom is -0.481 e. The van der Waals surface area contributed by atoms with Crippen LogP contribution in [0.4, 0.5) is 19.3 Å². The number of aryl methyl sites for hydroxylation is 1. The molecule has 38 heavy (non-hydrogen) atoms. The molecule has 208 valence electrons. The van der Waals surface area contributed by atoms with E-state index in [-0.39, 0.29) is 30.8 Å². The molecule has 0 radical (unpaired) electrons. The molecule has 1 aromatic heterocycles. The third-order valence-corrected chi connectivity index (χ3v) is 8.91. The number of amides is 1. The minimum atomic E-state index is -2.63. The van der Waals surface area contributed by atoms with Gasteiger partial charge in [-0.25, -0.2) is 18.6 Å². The van der Waals surface area contributed by atoms with E-state index in [0.29, 0.717) is 49.9 Å². The second kappa shape index (κ2) is 10.4. The number of anilines is 1. The molecule has 2 heterocycles. The lowest BCUT2D eigenvalue weighted by Gasteiger charge is -2.34. The van der Waals surface area contributed by atoms with E-state index in [1.807, 2.05) is 23.6 Å². The Labute approximate surface area is 221 Å². The lowest BCUT2D eigenvalue weighted by molar-refractivity contribution is -0.143. The van der Waals surface area contributed by atoms with Crippen molar-refractivity contribution in [3.8, 4) is 0 Å². The fraction of sp³-hybridized carbons (Fsp3) is 0.679. The Morgan fingerprint density at radius 3 is 2.61 bits per heavy atom. The number of hydrogen-bond donors (Lipinski definition) is 2. The van der Waals surface area contributed by atoms with E-state index in [0.717, 1.165) is 36.0 Å². The van der Waals surface area contributed by atoms with Gasteiger partial charge in [0.1, 0.15) is 11.9 Å². The third-order valence-electron chi connectivity index (χ3n) is 8.91. The summed E-state index contributed by atoms with van der Waals surface area (Å²) < 4.78 is 34.5. The number of aromatic nitrogens is 2. The number of carbonyl (C=O) groups excluding carboxylic acids is 1. The highest BCUT2D eigenvalue weighted by Crippen LogP contribution is 2.44. The molecule has 0 bridgehead atoms. The van der Waals surface area contributed by atoms with Crippen LogP contribution in [-0.4, -0.2) is 50.9 Å². The van der Waals surface area contributed by atoms with E-state index in [1.54, 1.807) is 4.90 Å². The van der Waals surface area contributed by atoms with Crippen molar-refractivity contribution in [1.82, 2.24) is 9.55 Å². The number of ether oxygens (including phenoxy) is 1. The molecule has 8 nitrogen and oxygen atoms in total. The van der Waals surface area contributed by atoms with Crippen LogP contribution in [0.3, 0.4) is 0 Å². The lowest BCUT2D eigenvalue weighted by Crippen LogP contribution is -2.42. The number of methoxy groups -OCH3 is 1. The first-order valence-electron chi connectivity index (χ1n) is 13.8. The number of aliphatic hydroxyl groups is 1. The molecule has 4 atom stereocenters. The lowest BCUT2D eigenvalue weighted by atomic mass is 9.83. The van der Waals surface area contributed by atoms with Gasteiger partial charge in [0.15, 0.2) is 0 Å². The zero-order valence-electron chi connectivity index (χ0n) is 22.0. The van der Waals surface area contributed by atoms with Gasteiger partial charge in [-0.15, -0.1) is 0 Å². The van der Waals surface area contributed by atoms with Crippen LogP contribution >= 0.6 is 0 Å². The van der Waals surface area contributed by atoms with Crippen molar-refractivity contribution in [2.45, 2.75) is 102 Å². The highest BCUT2D eigenvalue weighted by Gasteiger charge is 2.38. The topological polar surface area (TPSA) is 105 Å². The van der Waals surface area contributed by atoms with Crippen LogP contribution in [0.15, 0.2) is 12.1 Å². The fourth-order valence-corrected chi connectivity index (χ4v) is 6.79. The van der Waals surface area contributed by atoms with Crippen molar-refractivity contribution in [1.29, 1.82) is 0 Å². The standard InChI is InChI=1S/C28H37F2N3O5/c1-16-6-7-20-21(32(16)27(37)38-2)8-9-22-24(20)31-25(23(34)14-17-10-12-28(29,30)13-11-17)33(22)19-5-3-4-18(15-19)26(35)36/h8-9,16-19,23,34H,3-7,10-15H2,1-2H3,(H,35,36)/t16-,18+,19+,23+/m0/s1. The van der Waals surface area contributed by atoms with Gasteiger partial charge in [0, 0.05) is 30.5 Å². The van der Waals surface area contributed by atoms with Crippen LogP contribution in [0.25, 0.3) is 11.0 Å². The summed E-state index contributed by atoms with van der Waals surface area (Å²) in [7, 11) is 1.36. The number of rotatable bonds is 5. The quantitative estimate of drug-likeness (QED) is 0.488. The molecule has 5 rings (SSSR count). The summed E-state index contributed by atoms with van der Waals surface area (Å²) in [6, 6.07) is 3.60. The first-order valence-corrected chi connectivity index (χ1v) is 13.8. The van der Waals surface area contributed by atoms with Crippen LogP contribution in [0, 0.1) is 11.8 Å². The van der Waals surface area contributed by atoms with E-state index in [1.165, 1.54) is 7.11 Å². The van der Waals surface area contributed by atoms with Gasteiger partial charge in [0.25, 0.3) is 0 Å². The zero-order chi connectivity index (χ0) is 27.2. The van der Waals surface area contributed by atoms with Crippen LogP contribution in [0.5, 0.6) is 0 Å². The molecule has 1 aliphatic heterocycles. The van der Waals surface area contributed by atoms with Gasteiger partial charge in [0.05, 0.1) is 29.7 Å². The van der Waals surface area contributed by atoms with Gasteiger partial charge in [-0.05, 0) is 76.3 Å². The highest BCUT2D eigenvalue weighted by molar-refractivity contribution is 5.95. The molecule has 2 saturated carbocycles. The van der Waals surface area contributed by atoms with E-state index in [9.17, 15) is 28.6 Å². The maximum atomic E-state index is 13.7. The first kappa shape index (κ1) is 26.8. The van der Waals surface area contributed by atoms with Gasteiger partial charge in [0.2, 0.25) is 5.92 Å². The van der Waals surface area contributed by atoms with Gasteiger partial charge >= 0.3 is 12.1 Å². The summed E-state index contributed by atoms with van der Waals surface area (Å²) >= 11 is 0. The highest BCUT2D eigenvalue weighted by atomic mass is 19.3. The number of hydrogen-bond acceptors (Lipinski definition) is 5. The number of alkyl halides is 2. The summed E-state index contributed by atoms with van der Waals surface area (Å²) in [5, 5.41) is 21.1. The summed E-state index contributed by atoms with van der Waals surface area (Å²) in [5.74, 6) is -3.48. The van der Waals surface area contributed by atoms with Gasteiger partial charge < -0.3 is 19.5 Å². The number of carbonyl (C=O) groups is 2. The van der Waals surface area contributed by atoms with Gasteiger partial charge in [-0.3, -0.25) is 9.69 Å². The molecule has 10 heteroatoms. The Bertz CT molecular complexity index is 1200. The molecule has 1 amide bonds. The van der Waals surface area contributed by atoms with Gasteiger partial charge in [-0.2, -0.15) is 0 Å². The van der Waals surface area contributed by atoms with Crippen molar-refractivity contribution in [2.75, 3.05) is 12.0 Å². The van der Waals surface area contributed by atoms with Crippen LogP contribution in [0.2, 0.25) is 0 Å². The Hall–Kier alpha value is -2.75. The van der Waals surface area contributed by atoms with Crippen LogP contribution in [-0.2, 0) is 16.0 Å². The van der Waals surface area contributed by atoms with Crippen molar-refractivity contribution >= 4 is 28.8 Å². The van der Waals surface area contributed by atoms with Crippen molar-refractivity contribution in [2.24, 2.45) is 11.8 Å². The van der Waals surface area contributed by atoms with Crippen LogP contribution in [0.1, 0.15) is 94.7 Å². The predicted molar refractivity (Wildman–Crippen MR) is 138 cm³/mol. The monoisotopic (exact) mass is 533 g/mol. The summed E-state index contributed by atoms with van der Waals surface area (Å²) in [5.41, 5.74) is 3.14. The van der Waals surface area contributed by atoms with Crippen molar-refractivity contribution in [3.05, 3.63) is 23.5 Å².